The van der Waals surface area contributed by atoms with Gasteiger partial charge in [-0.25, -0.2) is 0 Å². The SMILES string of the molecule is CCc1cccc(OCC(=O)NNC(=O)c2cc(OC)c(OC)c(OC)c2)c1. The van der Waals surface area contributed by atoms with Crippen molar-refractivity contribution >= 4 is 11.8 Å². The number of methoxy groups -OCH3 is 3. The summed E-state index contributed by atoms with van der Waals surface area (Å²) < 4.78 is 21.1. The maximum atomic E-state index is 12.3. The fourth-order valence-corrected chi connectivity index (χ4v) is 2.45. The van der Waals surface area contributed by atoms with Crippen molar-refractivity contribution in [1.29, 1.82) is 0 Å². The third-order valence-electron chi connectivity index (χ3n) is 3.92. The molecule has 0 radical (unpaired) electrons. The van der Waals surface area contributed by atoms with E-state index in [0.29, 0.717) is 23.0 Å². The van der Waals surface area contributed by atoms with Crippen molar-refractivity contribution in [3.8, 4) is 23.0 Å². The second-order valence-electron chi connectivity index (χ2n) is 5.71. The molecule has 0 spiro atoms. The lowest BCUT2D eigenvalue weighted by molar-refractivity contribution is -0.123. The number of carbonyl (C=O) groups is 2. The van der Waals surface area contributed by atoms with Gasteiger partial charge in [0.25, 0.3) is 11.8 Å². The van der Waals surface area contributed by atoms with Gasteiger partial charge in [-0.1, -0.05) is 19.1 Å². The van der Waals surface area contributed by atoms with Crippen LogP contribution in [0.25, 0.3) is 0 Å². The number of rotatable bonds is 8. The Balaban J connectivity index is 1.94. The van der Waals surface area contributed by atoms with Crippen molar-refractivity contribution in [3.63, 3.8) is 0 Å². The number of aryl methyl sites for hydroxylation is 1. The Kier molecular flexibility index (Phi) is 7.50. The van der Waals surface area contributed by atoms with Crippen molar-refractivity contribution in [1.82, 2.24) is 10.9 Å². The summed E-state index contributed by atoms with van der Waals surface area (Å²) >= 11 is 0. The number of hydrazine groups is 1. The summed E-state index contributed by atoms with van der Waals surface area (Å²) in [5, 5.41) is 0. The molecule has 0 aliphatic carbocycles. The Labute approximate surface area is 163 Å². The molecule has 0 saturated heterocycles. The van der Waals surface area contributed by atoms with E-state index in [0.717, 1.165) is 12.0 Å². The molecule has 8 nitrogen and oxygen atoms in total. The number of hydrogen-bond acceptors (Lipinski definition) is 6. The number of carbonyl (C=O) groups excluding carboxylic acids is 2. The number of nitrogens with one attached hydrogen (secondary N) is 2. The molecule has 0 aliphatic rings. The maximum absolute atomic E-state index is 12.3. The second kappa shape index (κ2) is 10.1. The van der Waals surface area contributed by atoms with E-state index < -0.39 is 11.8 Å². The lowest BCUT2D eigenvalue weighted by Crippen LogP contribution is -2.43. The van der Waals surface area contributed by atoms with E-state index in [-0.39, 0.29) is 12.2 Å². The van der Waals surface area contributed by atoms with E-state index in [9.17, 15) is 9.59 Å². The fourth-order valence-electron chi connectivity index (χ4n) is 2.45. The molecule has 2 N–H and O–H groups in total. The van der Waals surface area contributed by atoms with Crippen LogP contribution in [0.4, 0.5) is 0 Å². The normalized spacial score (nSPS) is 10.0. The average Bonchev–Trinajstić information content (AvgIpc) is 2.74. The molecule has 0 fully saturated rings. The molecular formula is C20H24N2O6. The largest absolute Gasteiger partial charge is 0.493 e. The first kappa shape index (κ1) is 20.9. The van der Waals surface area contributed by atoms with Crippen molar-refractivity contribution in [2.45, 2.75) is 13.3 Å². The third-order valence-corrected chi connectivity index (χ3v) is 3.92. The van der Waals surface area contributed by atoms with Crippen LogP contribution < -0.4 is 29.8 Å². The van der Waals surface area contributed by atoms with E-state index in [4.69, 9.17) is 18.9 Å². The smallest absolute Gasteiger partial charge is 0.276 e. The molecule has 150 valence electrons. The molecule has 0 bridgehead atoms. The Hall–Kier alpha value is -3.42. The maximum Gasteiger partial charge on any atom is 0.276 e. The number of amides is 2. The standard InChI is InChI=1S/C20H24N2O6/c1-5-13-7-6-8-15(9-13)28-12-18(23)21-22-20(24)14-10-16(25-2)19(27-4)17(11-14)26-3/h6-11H,5,12H2,1-4H3,(H,21,23)(H,22,24). The molecule has 2 aromatic carbocycles. The third kappa shape index (κ3) is 5.29. The van der Waals surface area contributed by atoms with Gasteiger partial charge in [-0.05, 0) is 36.2 Å². The molecule has 2 rings (SSSR count). The van der Waals surface area contributed by atoms with Crippen LogP contribution in [0.5, 0.6) is 23.0 Å². The van der Waals surface area contributed by atoms with Crippen LogP contribution in [0.2, 0.25) is 0 Å². The number of ether oxygens (including phenoxy) is 4. The van der Waals surface area contributed by atoms with Gasteiger partial charge in [-0.2, -0.15) is 0 Å². The minimum absolute atomic E-state index is 0.228. The molecule has 0 aromatic heterocycles. The predicted octanol–water partition coefficient (Wildman–Crippen LogP) is 2.11. The number of benzene rings is 2. The molecule has 28 heavy (non-hydrogen) atoms. The highest BCUT2D eigenvalue weighted by Crippen LogP contribution is 2.38. The highest BCUT2D eigenvalue weighted by Gasteiger charge is 2.17. The van der Waals surface area contributed by atoms with Crippen LogP contribution in [0.1, 0.15) is 22.8 Å². The zero-order valence-corrected chi connectivity index (χ0v) is 16.3. The second-order valence-corrected chi connectivity index (χ2v) is 5.71. The van der Waals surface area contributed by atoms with Crippen LogP contribution in [-0.2, 0) is 11.2 Å². The van der Waals surface area contributed by atoms with Gasteiger partial charge in [0, 0.05) is 5.56 Å². The highest BCUT2D eigenvalue weighted by molar-refractivity contribution is 5.96. The van der Waals surface area contributed by atoms with Gasteiger partial charge in [0.1, 0.15) is 5.75 Å². The van der Waals surface area contributed by atoms with Gasteiger partial charge in [-0.15, -0.1) is 0 Å². The van der Waals surface area contributed by atoms with Crippen LogP contribution in [0.15, 0.2) is 36.4 Å². The average molecular weight is 388 g/mol. The Morgan fingerprint density at radius 2 is 1.61 bits per heavy atom. The van der Waals surface area contributed by atoms with Gasteiger partial charge in [-0.3, -0.25) is 20.4 Å². The minimum Gasteiger partial charge on any atom is -0.493 e. The predicted molar refractivity (Wildman–Crippen MR) is 103 cm³/mol. The van der Waals surface area contributed by atoms with Crippen LogP contribution in [0.3, 0.4) is 0 Å². The quantitative estimate of drug-likeness (QED) is 0.673. The lowest BCUT2D eigenvalue weighted by Gasteiger charge is -2.14. The monoisotopic (exact) mass is 388 g/mol. The summed E-state index contributed by atoms with van der Waals surface area (Å²) in [5.41, 5.74) is 5.97. The Bertz CT molecular complexity index is 812. The van der Waals surface area contributed by atoms with Crippen LogP contribution in [0, 0.1) is 0 Å². The van der Waals surface area contributed by atoms with Gasteiger partial charge in [0.2, 0.25) is 5.75 Å². The van der Waals surface area contributed by atoms with Gasteiger partial charge < -0.3 is 18.9 Å². The summed E-state index contributed by atoms with van der Waals surface area (Å²) in [6.45, 7) is 1.80. The first-order chi connectivity index (χ1) is 13.5. The van der Waals surface area contributed by atoms with Crippen LogP contribution >= 0.6 is 0 Å². The zero-order valence-electron chi connectivity index (χ0n) is 16.3. The topological polar surface area (TPSA) is 95.1 Å². The Morgan fingerprint density at radius 1 is 0.929 bits per heavy atom. The molecule has 2 amide bonds. The molecule has 0 saturated carbocycles. The van der Waals surface area contributed by atoms with E-state index in [1.54, 1.807) is 6.07 Å². The van der Waals surface area contributed by atoms with Crippen molar-refractivity contribution < 1.29 is 28.5 Å². The van der Waals surface area contributed by atoms with Gasteiger partial charge in [0.05, 0.1) is 21.3 Å². The zero-order chi connectivity index (χ0) is 20.5. The summed E-state index contributed by atoms with van der Waals surface area (Å²) in [7, 11) is 4.37. The lowest BCUT2D eigenvalue weighted by atomic mass is 10.1. The summed E-state index contributed by atoms with van der Waals surface area (Å²) in [5.74, 6) is 0.581. The molecular weight excluding hydrogens is 364 g/mol. The summed E-state index contributed by atoms with van der Waals surface area (Å²) in [6, 6.07) is 10.4. The molecule has 2 aromatic rings. The highest BCUT2D eigenvalue weighted by atomic mass is 16.5. The molecule has 0 atom stereocenters. The van der Waals surface area contributed by atoms with Crippen molar-refractivity contribution in [3.05, 3.63) is 47.5 Å². The molecule has 8 heteroatoms. The molecule has 0 aliphatic heterocycles. The minimum atomic E-state index is -0.541. The van der Waals surface area contributed by atoms with E-state index in [2.05, 4.69) is 10.9 Å². The summed E-state index contributed by atoms with van der Waals surface area (Å²) in [6.07, 6.45) is 0.869. The van der Waals surface area contributed by atoms with E-state index >= 15 is 0 Å². The van der Waals surface area contributed by atoms with Gasteiger partial charge >= 0.3 is 0 Å². The number of hydrogen-bond donors (Lipinski definition) is 2. The molecule has 0 unspecified atom stereocenters. The van der Waals surface area contributed by atoms with E-state index in [1.807, 2.05) is 25.1 Å². The van der Waals surface area contributed by atoms with Gasteiger partial charge in [0.15, 0.2) is 18.1 Å². The van der Waals surface area contributed by atoms with Crippen LogP contribution in [-0.4, -0.2) is 39.8 Å². The Morgan fingerprint density at radius 3 is 2.18 bits per heavy atom. The first-order valence-electron chi connectivity index (χ1n) is 8.63. The fraction of sp³-hybridized carbons (Fsp3) is 0.300. The first-order valence-corrected chi connectivity index (χ1v) is 8.63. The molecule has 0 heterocycles. The van der Waals surface area contributed by atoms with Crippen molar-refractivity contribution in [2.24, 2.45) is 0 Å². The van der Waals surface area contributed by atoms with Crippen molar-refractivity contribution in [2.75, 3.05) is 27.9 Å². The summed E-state index contributed by atoms with van der Waals surface area (Å²) in [4.78, 5) is 24.3. The van der Waals surface area contributed by atoms with E-state index in [1.165, 1.54) is 33.5 Å².